The number of hydrogen-bond donors (Lipinski definition) is 9. The van der Waals surface area contributed by atoms with Gasteiger partial charge < -0.3 is 62.9 Å². The van der Waals surface area contributed by atoms with E-state index >= 15 is 0 Å². The van der Waals surface area contributed by atoms with Crippen molar-refractivity contribution in [2.75, 3.05) is 50.1 Å². The zero-order chi connectivity index (χ0) is 41.7. The molecule has 308 valence electrons. The number of nitrogens with one attached hydrogen (secondary N) is 6. The molecule has 1 heterocycles. The SMILES string of the molecule is CCOP(=O)(C/C(N)=N/N=C(\N)c1ccc(NCC(=O)NC(C(=O)N[C@@H](CCCNC(N)=O)C(=O)Nc2ccc(COC(=O)NC)cc2)C(C)C)cn1)OCC. The van der Waals surface area contributed by atoms with Crippen LogP contribution in [0.4, 0.5) is 21.0 Å². The summed E-state index contributed by atoms with van der Waals surface area (Å²) in [6.45, 7) is 7.11. The second-order valence-corrected chi connectivity index (χ2v) is 14.3. The number of urea groups is 1. The fourth-order valence-corrected chi connectivity index (χ4v) is 6.20. The maximum Gasteiger partial charge on any atom is 0.407 e. The van der Waals surface area contributed by atoms with Gasteiger partial charge in [-0.1, -0.05) is 26.0 Å². The van der Waals surface area contributed by atoms with Crippen molar-refractivity contribution >= 4 is 60.5 Å². The van der Waals surface area contributed by atoms with E-state index in [0.717, 1.165) is 0 Å². The molecule has 56 heavy (non-hydrogen) atoms. The number of carbonyl (C=O) groups excluding carboxylic acids is 5. The highest BCUT2D eigenvalue weighted by Gasteiger charge is 2.29. The quantitative estimate of drug-likeness (QED) is 0.0252. The Morgan fingerprint density at radius 3 is 2.12 bits per heavy atom. The van der Waals surface area contributed by atoms with Crippen molar-refractivity contribution in [2.24, 2.45) is 33.3 Å². The Labute approximate surface area is 325 Å². The predicted octanol–water partition coefficient (Wildman–Crippen LogP) is 1.31. The maximum atomic E-state index is 13.5. The lowest BCUT2D eigenvalue weighted by Gasteiger charge is -2.25. The van der Waals surface area contributed by atoms with Gasteiger partial charge >= 0.3 is 19.7 Å². The summed E-state index contributed by atoms with van der Waals surface area (Å²) in [4.78, 5) is 66.5. The van der Waals surface area contributed by atoms with Crippen molar-refractivity contribution in [1.82, 2.24) is 26.3 Å². The highest BCUT2D eigenvalue weighted by Crippen LogP contribution is 2.47. The topological polar surface area (TPSA) is 318 Å². The summed E-state index contributed by atoms with van der Waals surface area (Å²) in [7, 11) is -2.03. The van der Waals surface area contributed by atoms with E-state index in [1.165, 1.54) is 19.3 Å². The molecule has 0 spiro atoms. The second kappa shape index (κ2) is 23.9. The average molecular weight is 805 g/mol. The third-order valence-electron chi connectivity index (χ3n) is 7.44. The molecule has 0 radical (unpaired) electrons. The Morgan fingerprint density at radius 2 is 1.55 bits per heavy atom. The van der Waals surface area contributed by atoms with E-state index in [9.17, 15) is 28.5 Å². The molecule has 0 aliphatic carbocycles. The number of rotatable bonds is 23. The number of carbonyl (C=O) groups is 5. The monoisotopic (exact) mass is 804 g/mol. The fourth-order valence-electron chi connectivity index (χ4n) is 4.70. The minimum absolute atomic E-state index is 0.0245. The Bertz CT molecular complexity index is 1710. The minimum Gasteiger partial charge on any atom is -0.445 e. The number of nitrogens with two attached hydrogens (primary N) is 3. The zero-order valence-electron chi connectivity index (χ0n) is 32.1. The van der Waals surface area contributed by atoms with Crippen molar-refractivity contribution in [3.8, 4) is 0 Å². The lowest BCUT2D eigenvalue weighted by molar-refractivity contribution is -0.131. The van der Waals surface area contributed by atoms with Crippen molar-refractivity contribution in [2.45, 2.75) is 59.2 Å². The molecule has 22 heteroatoms. The van der Waals surface area contributed by atoms with Crippen LogP contribution in [0.3, 0.4) is 0 Å². The van der Waals surface area contributed by atoms with Crippen LogP contribution < -0.4 is 49.1 Å². The van der Waals surface area contributed by atoms with Crippen LogP contribution in [0.15, 0.2) is 52.8 Å². The number of primary amides is 1. The first kappa shape index (κ1) is 46.4. The highest BCUT2D eigenvalue weighted by molar-refractivity contribution is 7.54. The predicted molar refractivity (Wildman–Crippen MR) is 211 cm³/mol. The van der Waals surface area contributed by atoms with Crippen LogP contribution in [0.2, 0.25) is 0 Å². The van der Waals surface area contributed by atoms with E-state index < -0.39 is 49.5 Å². The third kappa shape index (κ3) is 17.1. The van der Waals surface area contributed by atoms with Gasteiger partial charge in [0.1, 0.15) is 36.4 Å². The van der Waals surface area contributed by atoms with Gasteiger partial charge in [0.2, 0.25) is 17.7 Å². The Kier molecular flexibility index (Phi) is 19.8. The maximum absolute atomic E-state index is 13.5. The van der Waals surface area contributed by atoms with Crippen molar-refractivity contribution in [3.05, 3.63) is 53.9 Å². The first-order valence-electron chi connectivity index (χ1n) is 17.7. The van der Waals surface area contributed by atoms with Crippen LogP contribution in [-0.4, -0.2) is 98.1 Å². The number of pyridine rings is 1. The normalized spacial score (nSPS) is 12.9. The summed E-state index contributed by atoms with van der Waals surface area (Å²) in [5, 5.41) is 23.5. The average Bonchev–Trinajstić information content (AvgIpc) is 3.15. The van der Waals surface area contributed by atoms with Gasteiger partial charge in [-0.15, -0.1) is 10.2 Å². The van der Waals surface area contributed by atoms with Crippen molar-refractivity contribution in [3.63, 3.8) is 0 Å². The molecule has 2 aromatic rings. The summed E-state index contributed by atoms with van der Waals surface area (Å²) in [6.07, 6.45) is 0.991. The number of anilines is 2. The number of hydrogen-bond acceptors (Lipinski definition) is 13. The van der Waals surface area contributed by atoms with Crippen LogP contribution in [0.1, 0.15) is 51.8 Å². The number of ether oxygens (including phenoxy) is 1. The van der Waals surface area contributed by atoms with Gasteiger partial charge in [0.15, 0.2) is 5.84 Å². The Morgan fingerprint density at radius 1 is 0.893 bits per heavy atom. The number of alkyl carbamates (subject to hydrolysis) is 1. The Balaban J connectivity index is 2.03. The van der Waals surface area contributed by atoms with Gasteiger partial charge in [0.25, 0.3) is 0 Å². The summed E-state index contributed by atoms with van der Waals surface area (Å²) < 4.78 is 28.1. The van der Waals surface area contributed by atoms with Crippen molar-refractivity contribution in [1.29, 1.82) is 0 Å². The van der Waals surface area contributed by atoms with Gasteiger partial charge in [0, 0.05) is 19.3 Å². The smallest absolute Gasteiger partial charge is 0.407 e. The molecule has 2 rings (SSSR count). The Hall–Kier alpha value is -5.79. The molecule has 1 aromatic heterocycles. The third-order valence-corrected chi connectivity index (χ3v) is 9.45. The van der Waals surface area contributed by atoms with Gasteiger partial charge in [-0.05, 0) is 62.4 Å². The van der Waals surface area contributed by atoms with Crippen LogP contribution >= 0.6 is 7.60 Å². The van der Waals surface area contributed by atoms with Crippen LogP contribution in [-0.2, 0) is 39.3 Å². The summed E-state index contributed by atoms with van der Waals surface area (Å²) in [5.74, 6) is -2.20. The molecule has 0 saturated heterocycles. The lowest BCUT2D eigenvalue weighted by atomic mass is 10.0. The number of nitrogens with zero attached hydrogens (tertiary/aromatic N) is 3. The number of amidine groups is 2. The molecule has 21 nitrogen and oxygen atoms in total. The molecule has 2 atom stereocenters. The number of amides is 6. The van der Waals surface area contributed by atoms with E-state index in [1.807, 2.05) is 0 Å². The van der Waals surface area contributed by atoms with Crippen molar-refractivity contribution < 1.29 is 42.3 Å². The van der Waals surface area contributed by atoms with Gasteiger partial charge in [-0.3, -0.25) is 23.9 Å². The number of benzene rings is 1. The summed E-state index contributed by atoms with van der Waals surface area (Å²) in [5.41, 5.74) is 18.8. The molecule has 12 N–H and O–H groups in total. The van der Waals surface area contributed by atoms with E-state index in [0.29, 0.717) is 23.4 Å². The number of aromatic nitrogens is 1. The summed E-state index contributed by atoms with van der Waals surface area (Å²) >= 11 is 0. The molecule has 6 amide bonds. The largest absolute Gasteiger partial charge is 0.445 e. The molecule has 1 unspecified atom stereocenters. The van der Waals surface area contributed by atoms with Gasteiger partial charge in [-0.25, -0.2) is 9.59 Å². The van der Waals surface area contributed by atoms with E-state index in [2.05, 4.69) is 47.1 Å². The molecular formula is C34H53N12O9P. The highest BCUT2D eigenvalue weighted by atomic mass is 31.2. The molecule has 1 aromatic carbocycles. The molecule has 0 aliphatic heterocycles. The second-order valence-electron chi connectivity index (χ2n) is 12.3. The van der Waals surface area contributed by atoms with E-state index in [1.54, 1.807) is 58.0 Å². The lowest BCUT2D eigenvalue weighted by Crippen LogP contribution is -2.55. The molecular weight excluding hydrogens is 751 g/mol. The molecule has 0 bridgehead atoms. The van der Waals surface area contributed by atoms with E-state index in [4.69, 9.17) is 31.0 Å². The first-order chi connectivity index (χ1) is 26.6. The minimum atomic E-state index is -3.47. The molecule has 0 fully saturated rings. The van der Waals surface area contributed by atoms with Crippen LogP contribution in [0.5, 0.6) is 0 Å². The molecule has 0 saturated carbocycles. The first-order valence-corrected chi connectivity index (χ1v) is 19.4. The van der Waals surface area contributed by atoms with Crippen LogP contribution in [0.25, 0.3) is 0 Å². The molecule has 0 aliphatic rings. The van der Waals surface area contributed by atoms with E-state index in [-0.39, 0.29) is 68.8 Å². The zero-order valence-corrected chi connectivity index (χ0v) is 33.0. The summed E-state index contributed by atoms with van der Waals surface area (Å²) in [6, 6.07) is 6.91. The van der Waals surface area contributed by atoms with Gasteiger partial charge in [-0.2, -0.15) is 0 Å². The van der Waals surface area contributed by atoms with Crippen LogP contribution in [0, 0.1) is 5.92 Å². The fraction of sp³-hybridized carbons (Fsp3) is 0.471. The van der Waals surface area contributed by atoms with Gasteiger partial charge in [0.05, 0.1) is 31.6 Å². The standard InChI is InChI=1S/C34H53N12O9P/c1-6-54-56(52,55-7-2)20-27(35)45-46-30(36)25-15-14-24(17-41-25)40-18-28(47)44-29(21(3)4)32(49)43-26(9-8-16-39-33(37)50)31(48)42-23-12-10-22(11-13-23)19-53-34(51)38-5/h10-15,17,21,26,29,40H,6-9,16,18-20H2,1-5H3,(H2,35,45)(H2,36,46)(H,38,51)(H,42,48)(H,43,49)(H,44,47)(H3,37,39,50)/t26-,29?/m0/s1.